The lowest BCUT2D eigenvalue weighted by molar-refractivity contribution is 0.0116. The third-order valence-corrected chi connectivity index (χ3v) is 8.73. The van der Waals surface area contributed by atoms with Gasteiger partial charge in [-0.1, -0.05) is 20.3 Å². The summed E-state index contributed by atoms with van der Waals surface area (Å²) in [6.45, 7) is 8.24. The molecule has 2 aromatic heterocycles. The summed E-state index contributed by atoms with van der Waals surface area (Å²) in [6, 6.07) is 4.86. The van der Waals surface area contributed by atoms with Crippen molar-refractivity contribution in [1.82, 2.24) is 14.6 Å². The Balaban J connectivity index is 1.48. The Labute approximate surface area is 193 Å². The topological polar surface area (TPSA) is 53.7 Å². The molecule has 2 aromatic rings. The summed E-state index contributed by atoms with van der Waals surface area (Å²) in [6.07, 6.45) is 13.9. The van der Waals surface area contributed by atoms with Gasteiger partial charge in [-0.2, -0.15) is 9.61 Å². The van der Waals surface area contributed by atoms with Gasteiger partial charge in [-0.3, -0.25) is 0 Å². The number of nitrogens with zero attached hydrogens (tertiary/aromatic N) is 4. The molecule has 5 heteroatoms. The minimum Gasteiger partial charge on any atom is -0.396 e. The quantitative estimate of drug-likeness (QED) is 0.641. The lowest BCUT2D eigenvalue weighted by Gasteiger charge is -2.50. The maximum Gasteiger partial charge on any atom is 0.157 e. The number of aryl methyl sites for hydroxylation is 1. The lowest BCUT2D eigenvalue weighted by atomic mass is 9.55. The number of aromatic nitrogens is 3. The summed E-state index contributed by atoms with van der Waals surface area (Å²) in [4.78, 5) is 7.35. The maximum absolute atomic E-state index is 9.62. The molecule has 3 heterocycles. The molecule has 176 valence electrons. The molecule has 0 radical (unpaired) electrons. The minimum absolute atomic E-state index is 0.249. The molecule has 0 amide bonds. The van der Waals surface area contributed by atoms with Gasteiger partial charge in [0.1, 0.15) is 5.82 Å². The van der Waals surface area contributed by atoms with Crippen molar-refractivity contribution in [3.8, 4) is 0 Å². The zero-order valence-electron chi connectivity index (χ0n) is 20.4. The number of hydrogen-bond donors (Lipinski definition) is 1. The van der Waals surface area contributed by atoms with Crippen LogP contribution in [0.2, 0.25) is 0 Å². The molecule has 5 atom stereocenters. The van der Waals surface area contributed by atoms with Crippen LogP contribution < -0.4 is 4.90 Å². The fourth-order valence-electron chi connectivity index (χ4n) is 7.77. The van der Waals surface area contributed by atoms with Gasteiger partial charge in [0.25, 0.3) is 0 Å². The molecule has 3 aliphatic rings. The van der Waals surface area contributed by atoms with E-state index in [9.17, 15) is 5.11 Å². The first kappa shape index (κ1) is 22.2. The molecule has 2 aliphatic carbocycles. The average molecular weight is 439 g/mol. The standard InChI is InChI=1S/C27H42N4O/c1-4-21-13-22-11-19(2)15-27(16-21,17-22)18-23-14-25-28-20(3)12-26(31(25)29-23)30-9-6-5-7-24(30)8-10-32/h12,14,19,21-22,24,32H,4-11,13,15-18H2,1-3H3. The molecule has 0 spiro atoms. The first-order chi connectivity index (χ1) is 15.5. The van der Waals surface area contributed by atoms with E-state index in [1.165, 1.54) is 62.9 Å². The third kappa shape index (κ3) is 4.30. The highest BCUT2D eigenvalue weighted by atomic mass is 16.3. The van der Waals surface area contributed by atoms with Crippen molar-refractivity contribution in [3.05, 3.63) is 23.5 Å². The van der Waals surface area contributed by atoms with Crippen LogP contribution in [0, 0.1) is 30.1 Å². The number of rotatable bonds is 6. The molecule has 0 aromatic carbocycles. The van der Waals surface area contributed by atoms with Gasteiger partial charge in [0.15, 0.2) is 5.65 Å². The molecule has 1 aliphatic heterocycles. The first-order valence-electron chi connectivity index (χ1n) is 13.2. The third-order valence-electron chi connectivity index (χ3n) is 8.73. The predicted octanol–water partition coefficient (Wildman–Crippen LogP) is 5.56. The highest BCUT2D eigenvalue weighted by Crippen LogP contribution is 2.54. The zero-order valence-corrected chi connectivity index (χ0v) is 20.4. The van der Waals surface area contributed by atoms with Crippen LogP contribution in [0.25, 0.3) is 5.65 Å². The molecular weight excluding hydrogens is 396 g/mol. The minimum atomic E-state index is 0.249. The van der Waals surface area contributed by atoms with E-state index in [1.807, 2.05) is 0 Å². The normalized spacial score (nSPS) is 33.1. The SMILES string of the molecule is CCC1CC2CC(C)CC(Cc3cc4nc(C)cc(N5CCCCC5CCO)n4n3)(C1)C2. The Morgan fingerprint density at radius 3 is 2.84 bits per heavy atom. The van der Waals surface area contributed by atoms with Crippen molar-refractivity contribution in [2.24, 2.45) is 23.2 Å². The second kappa shape index (κ2) is 8.96. The Bertz CT molecular complexity index is 933. The second-order valence-electron chi connectivity index (χ2n) is 11.5. The molecule has 32 heavy (non-hydrogen) atoms. The monoisotopic (exact) mass is 438 g/mol. The van der Waals surface area contributed by atoms with Gasteiger partial charge in [0.05, 0.1) is 5.69 Å². The number of anilines is 1. The van der Waals surface area contributed by atoms with E-state index in [0.29, 0.717) is 11.5 Å². The van der Waals surface area contributed by atoms with Crippen LogP contribution in [0.3, 0.4) is 0 Å². The highest BCUT2D eigenvalue weighted by Gasteiger charge is 2.45. The smallest absolute Gasteiger partial charge is 0.157 e. The molecule has 2 bridgehead atoms. The van der Waals surface area contributed by atoms with Crippen molar-refractivity contribution in [2.75, 3.05) is 18.1 Å². The maximum atomic E-state index is 9.62. The number of aliphatic hydroxyl groups excluding tert-OH is 1. The van der Waals surface area contributed by atoms with Crippen LogP contribution in [0.15, 0.2) is 12.1 Å². The van der Waals surface area contributed by atoms with E-state index in [1.54, 1.807) is 0 Å². The fraction of sp³-hybridized carbons (Fsp3) is 0.778. The van der Waals surface area contributed by atoms with Crippen molar-refractivity contribution >= 4 is 11.5 Å². The predicted molar refractivity (Wildman–Crippen MR) is 130 cm³/mol. The summed E-state index contributed by atoms with van der Waals surface area (Å²) in [5.41, 5.74) is 3.70. The molecule has 3 fully saturated rings. The van der Waals surface area contributed by atoms with E-state index in [0.717, 1.165) is 54.9 Å². The summed E-state index contributed by atoms with van der Waals surface area (Å²) in [5, 5.41) is 14.8. The van der Waals surface area contributed by atoms with Crippen molar-refractivity contribution in [1.29, 1.82) is 0 Å². The highest BCUT2D eigenvalue weighted by molar-refractivity contribution is 5.53. The Kier molecular flexibility index (Phi) is 6.21. The summed E-state index contributed by atoms with van der Waals surface area (Å²) in [7, 11) is 0. The fourth-order valence-corrected chi connectivity index (χ4v) is 7.77. The summed E-state index contributed by atoms with van der Waals surface area (Å²) >= 11 is 0. The Morgan fingerprint density at radius 2 is 2.03 bits per heavy atom. The van der Waals surface area contributed by atoms with Crippen LogP contribution in [-0.2, 0) is 6.42 Å². The second-order valence-corrected chi connectivity index (χ2v) is 11.5. The number of fused-ring (bicyclic) bond motifs is 3. The summed E-state index contributed by atoms with van der Waals surface area (Å²) in [5.74, 6) is 3.81. The lowest BCUT2D eigenvalue weighted by Crippen LogP contribution is -2.41. The van der Waals surface area contributed by atoms with E-state index in [2.05, 4.69) is 42.3 Å². The molecule has 5 rings (SSSR count). The first-order valence-corrected chi connectivity index (χ1v) is 13.2. The van der Waals surface area contributed by atoms with Crippen LogP contribution in [-0.4, -0.2) is 38.9 Å². The Hall–Kier alpha value is -1.62. The van der Waals surface area contributed by atoms with Crippen LogP contribution in [0.4, 0.5) is 5.82 Å². The molecule has 5 unspecified atom stereocenters. The van der Waals surface area contributed by atoms with Gasteiger partial charge >= 0.3 is 0 Å². The van der Waals surface area contributed by atoms with Gasteiger partial charge < -0.3 is 10.0 Å². The van der Waals surface area contributed by atoms with Crippen molar-refractivity contribution in [3.63, 3.8) is 0 Å². The Morgan fingerprint density at radius 1 is 1.16 bits per heavy atom. The van der Waals surface area contributed by atoms with Crippen LogP contribution in [0.1, 0.15) is 89.4 Å². The number of aliphatic hydroxyl groups is 1. The van der Waals surface area contributed by atoms with Gasteiger partial charge in [-0.15, -0.1) is 0 Å². The van der Waals surface area contributed by atoms with Gasteiger partial charge in [0, 0.05) is 37.0 Å². The van der Waals surface area contributed by atoms with E-state index in [-0.39, 0.29) is 6.61 Å². The summed E-state index contributed by atoms with van der Waals surface area (Å²) < 4.78 is 2.11. The largest absolute Gasteiger partial charge is 0.396 e. The van der Waals surface area contributed by atoms with Crippen molar-refractivity contribution in [2.45, 2.75) is 97.4 Å². The molecule has 1 saturated heterocycles. The van der Waals surface area contributed by atoms with Crippen molar-refractivity contribution < 1.29 is 5.11 Å². The van der Waals surface area contributed by atoms with Crippen LogP contribution in [0.5, 0.6) is 0 Å². The van der Waals surface area contributed by atoms with E-state index in [4.69, 9.17) is 10.1 Å². The van der Waals surface area contributed by atoms with E-state index < -0.39 is 0 Å². The number of hydrogen-bond acceptors (Lipinski definition) is 4. The van der Waals surface area contributed by atoms with Gasteiger partial charge in [0.2, 0.25) is 0 Å². The van der Waals surface area contributed by atoms with Gasteiger partial charge in [-0.25, -0.2) is 4.98 Å². The molecule has 1 N–H and O–H groups in total. The number of piperidine rings is 1. The van der Waals surface area contributed by atoms with E-state index >= 15 is 0 Å². The zero-order chi connectivity index (χ0) is 22.3. The molecule has 2 saturated carbocycles. The van der Waals surface area contributed by atoms with Gasteiger partial charge in [-0.05, 0) is 94.3 Å². The van der Waals surface area contributed by atoms with Crippen LogP contribution >= 0.6 is 0 Å². The average Bonchev–Trinajstić information content (AvgIpc) is 3.14. The molecular formula is C27H42N4O. The molecule has 5 nitrogen and oxygen atoms in total.